The smallest absolute Gasteiger partial charge is 0.344 e. The van der Waals surface area contributed by atoms with Gasteiger partial charge in [-0.25, -0.2) is 9.59 Å². The molecule has 0 aliphatic carbocycles. The Morgan fingerprint density at radius 3 is 1.57 bits per heavy atom. The quantitative estimate of drug-likeness (QED) is 0.551. The number of aromatic hydroxyl groups is 1. The second-order valence-corrected chi connectivity index (χ2v) is 6.79. The van der Waals surface area contributed by atoms with Crippen molar-refractivity contribution in [2.75, 3.05) is 0 Å². The highest BCUT2D eigenvalue weighted by atomic mass is 16.5. The zero-order valence-electron chi connectivity index (χ0n) is 14.9. The fourth-order valence-corrected chi connectivity index (χ4v) is 3.54. The molecule has 0 saturated carbocycles. The molecule has 1 N–H and O–H groups in total. The normalized spacial score (nSPS) is 14.6. The third-order valence-corrected chi connectivity index (χ3v) is 4.93. The first-order valence-corrected chi connectivity index (χ1v) is 8.75. The van der Waals surface area contributed by atoms with E-state index in [1.165, 1.54) is 12.1 Å². The first-order chi connectivity index (χ1) is 13.5. The molecule has 28 heavy (non-hydrogen) atoms. The van der Waals surface area contributed by atoms with Crippen LogP contribution in [0.15, 0.2) is 60.7 Å². The SMILES string of the molecule is Cc1ccc(C2=c3cc4c(cc3OC2=O)=C(c2ccc(O)cc2)C(=O)O4)cc1. The maximum atomic E-state index is 12.5. The third kappa shape index (κ3) is 2.41. The summed E-state index contributed by atoms with van der Waals surface area (Å²) in [4.78, 5) is 25.0. The molecule has 0 aromatic heterocycles. The monoisotopic (exact) mass is 370 g/mol. The second-order valence-electron chi connectivity index (χ2n) is 6.79. The maximum Gasteiger partial charge on any atom is 0.344 e. The number of phenols is 1. The van der Waals surface area contributed by atoms with Crippen molar-refractivity contribution in [1.29, 1.82) is 0 Å². The van der Waals surface area contributed by atoms with Gasteiger partial charge >= 0.3 is 11.9 Å². The van der Waals surface area contributed by atoms with E-state index in [-0.39, 0.29) is 5.75 Å². The van der Waals surface area contributed by atoms with Gasteiger partial charge in [-0.2, -0.15) is 0 Å². The molecule has 5 nitrogen and oxygen atoms in total. The van der Waals surface area contributed by atoms with Crippen LogP contribution in [0.3, 0.4) is 0 Å². The summed E-state index contributed by atoms with van der Waals surface area (Å²) < 4.78 is 10.9. The Bertz CT molecular complexity index is 1180. The third-order valence-electron chi connectivity index (χ3n) is 4.93. The largest absolute Gasteiger partial charge is 0.508 e. The summed E-state index contributed by atoms with van der Waals surface area (Å²) in [6.45, 7) is 1.97. The zero-order valence-corrected chi connectivity index (χ0v) is 14.9. The van der Waals surface area contributed by atoms with Crippen molar-refractivity contribution in [1.82, 2.24) is 0 Å². The van der Waals surface area contributed by atoms with Crippen LogP contribution in [0.25, 0.3) is 11.1 Å². The molecule has 0 bridgehead atoms. The number of ether oxygens (including phenoxy) is 2. The Morgan fingerprint density at radius 2 is 1.11 bits per heavy atom. The van der Waals surface area contributed by atoms with Gasteiger partial charge in [-0.05, 0) is 42.3 Å². The summed E-state index contributed by atoms with van der Waals surface area (Å²) in [5.74, 6) is -0.0209. The van der Waals surface area contributed by atoms with Gasteiger partial charge in [0.25, 0.3) is 0 Å². The lowest BCUT2D eigenvalue weighted by Gasteiger charge is -2.00. The molecular formula is C23H14O5. The van der Waals surface area contributed by atoms with E-state index in [0.29, 0.717) is 38.6 Å². The van der Waals surface area contributed by atoms with Crippen LogP contribution >= 0.6 is 0 Å². The fraction of sp³-hybridized carbons (Fsp3) is 0.0435. The van der Waals surface area contributed by atoms with Gasteiger partial charge in [0.15, 0.2) is 0 Å². The summed E-state index contributed by atoms with van der Waals surface area (Å²) in [5, 5.41) is 10.7. The predicted molar refractivity (Wildman–Crippen MR) is 101 cm³/mol. The highest BCUT2D eigenvalue weighted by Crippen LogP contribution is 2.27. The number of aryl methyl sites for hydroxylation is 1. The van der Waals surface area contributed by atoms with Gasteiger partial charge in [0.2, 0.25) is 0 Å². The van der Waals surface area contributed by atoms with Gasteiger partial charge in [0.1, 0.15) is 17.2 Å². The van der Waals surface area contributed by atoms with E-state index in [1.54, 1.807) is 24.3 Å². The van der Waals surface area contributed by atoms with E-state index >= 15 is 0 Å². The minimum absolute atomic E-state index is 0.108. The highest BCUT2D eigenvalue weighted by molar-refractivity contribution is 6.21. The standard InChI is InChI=1S/C23H14O5/c1-12-2-4-13(5-3-12)20-16-10-19-17(11-18(16)27-22(20)25)21(23(26)28-19)14-6-8-15(24)9-7-14/h2-11,24H,1H3. The topological polar surface area (TPSA) is 72.8 Å². The molecule has 5 rings (SSSR count). The van der Waals surface area contributed by atoms with Crippen LogP contribution in [0.1, 0.15) is 16.7 Å². The van der Waals surface area contributed by atoms with Crippen LogP contribution in [0.4, 0.5) is 0 Å². The summed E-state index contributed by atoms with van der Waals surface area (Å²) in [7, 11) is 0. The Hall–Kier alpha value is -3.86. The number of hydrogen-bond donors (Lipinski definition) is 1. The average Bonchev–Trinajstić information content (AvgIpc) is 3.16. The number of hydrogen-bond acceptors (Lipinski definition) is 5. The molecular weight excluding hydrogens is 356 g/mol. The lowest BCUT2D eigenvalue weighted by Crippen LogP contribution is -2.11. The van der Waals surface area contributed by atoms with Crippen molar-refractivity contribution < 1.29 is 24.2 Å². The first-order valence-electron chi connectivity index (χ1n) is 8.75. The predicted octanol–water partition coefficient (Wildman–Crippen LogP) is 1.94. The van der Waals surface area contributed by atoms with E-state index in [1.807, 2.05) is 31.2 Å². The fourth-order valence-electron chi connectivity index (χ4n) is 3.54. The maximum absolute atomic E-state index is 12.5. The van der Waals surface area contributed by atoms with Gasteiger partial charge in [0, 0.05) is 10.4 Å². The molecule has 0 unspecified atom stereocenters. The molecule has 136 valence electrons. The molecule has 0 fully saturated rings. The molecule has 3 aromatic rings. The second kappa shape index (κ2) is 5.82. The Labute approximate surface area is 159 Å². The van der Waals surface area contributed by atoms with E-state index in [2.05, 4.69) is 0 Å². The van der Waals surface area contributed by atoms with E-state index in [4.69, 9.17) is 9.47 Å². The van der Waals surface area contributed by atoms with Crippen LogP contribution < -0.4 is 19.9 Å². The first kappa shape index (κ1) is 16.3. The number of carbonyl (C=O) groups excluding carboxylic acids is 2. The summed E-state index contributed by atoms with van der Waals surface area (Å²) in [6, 6.07) is 17.2. The van der Waals surface area contributed by atoms with Gasteiger partial charge in [-0.3, -0.25) is 0 Å². The van der Waals surface area contributed by atoms with Crippen molar-refractivity contribution in [2.24, 2.45) is 0 Å². The number of rotatable bonds is 2. The number of carbonyl (C=O) groups is 2. The molecule has 2 aliphatic heterocycles. The van der Waals surface area contributed by atoms with Gasteiger partial charge in [-0.15, -0.1) is 0 Å². The number of phenolic OH excluding ortho intramolecular Hbond substituents is 1. The van der Waals surface area contributed by atoms with Crippen LogP contribution in [-0.2, 0) is 9.59 Å². The Morgan fingerprint density at radius 1 is 0.679 bits per heavy atom. The summed E-state index contributed by atoms with van der Waals surface area (Å²) in [6.07, 6.45) is 0. The van der Waals surface area contributed by atoms with Crippen LogP contribution in [-0.4, -0.2) is 17.0 Å². The van der Waals surface area contributed by atoms with E-state index in [0.717, 1.165) is 11.1 Å². The van der Waals surface area contributed by atoms with Gasteiger partial charge < -0.3 is 14.6 Å². The van der Waals surface area contributed by atoms with Crippen LogP contribution in [0.2, 0.25) is 0 Å². The molecule has 3 aromatic carbocycles. The minimum atomic E-state index is -0.479. The Balaban J connectivity index is 1.76. The van der Waals surface area contributed by atoms with Crippen molar-refractivity contribution in [3.05, 3.63) is 87.8 Å². The highest BCUT2D eigenvalue weighted by Gasteiger charge is 2.30. The van der Waals surface area contributed by atoms with Crippen molar-refractivity contribution in [3.8, 4) is 17.2 Å². The molecule has 0 saturated heterocycles. The lowest BCUT2D eigenvalue weighted by molar-refractivity contribution is -0.128. The van der Waals surface area contributed by atoms with Crippen molar-refractivity contribution in [2.45, 2.75) is 6.92 Å². The van der Waals surface area contributed by atoms with Crippen LogP contribution in [0, 0.1) is 6.92 Å². The summed E-state index contributed by atoms with van der Waals surface area (Å²) >= 11 is 0. The molecule has 0 amide bonds. The van der Waals surface area contributed by atoms with Crippen molar-refractivity contribution in [3.63, 3.8) is 0 Å². The van der Waals surface area contributed by atoms with Crippen LogP contribution in [0.5, 0.6) is 17.2 Å². The molecule has 0 spiro atoms. The zero-order chi connectivity index (χ0) is 19.4. The van der Waals surface area contributed by atoms with Gasteiger partial charge in [0.05, 0.1) is 11.1 Å². The number of fused-ring (bicyclic) bond motifs is 2. The molecule has 0 atom stereocenters. The van der Waals surface area contributed by atoms with E-state index in [9.17, 15) is 14.7 Å². The summed E-state index contributed by atoms with van der Waals surface area (Å²) in [5.41, 5.74) is 3.28. The number of benzene rings is 3. The molecule has 2 aliphatic rings. The van der Waals surface area contributed by atoms with Gasteiger partial charge in [-0.1, -0.05) is 42.0 Å². The molecule has 2 heterocycles. The lowest BCUT2D eigenvalue weighted by atomic mass is 10.0. The minimum Gasteiger partial charge on any atom is -0.508 e. The van der Waals surface area contributed by atoms with E-state index < -0.39 is 11.9 Å². The van der Waals surface area contributed by atoms with Crippen molar-refractivity contribution >= 4 is 23.1 Å². The average molecular weight is 370 g/mol. The molecule has 0 radical (unpaired) electrons. The number of esters is 2. The Kier molecular flexibility index (Phi) is 3.39. The molecule has 5 heteroatoms.